The van der Waals surface area contributed by atoms with Gasteiger partial charge in [0.25, 0.3) is 0 Å². The molecular formula is C24H21F2N3O4. The van der Waals surface area contributed by atoms with Gasteiger partial charge in [0.1, 0.15) is 5.82 Å². The fourth-order valence-corrected chi connectivity index (χ4v) is 4.03. The Hall–Kier alpha value is -3.75. The van der Waals surface area contributed by atoms with E-state index in [-0.39, 0.29) is 17.4 Å². The molecule has 0 radical (unpaired) electrons. The molecule has 3 aromatic rings. The van der Waals surface area contributed by atoms with Gasteiger partial charge in [0, 0.05) is 17.8 Å². The summed E-state index contributed by atoms with van der Waals surface area (Å²) in [5.74, 6) is 0.545. The number of methoxy groups -OCH3 is 1. The zero-order valence-corrected chi connectivity index (χ0v) is 18.2. The van der Waals surface area contributed by atoms with E-state index in [1.54, 1.807) is 25.4 Å². The minimum Gasteiger partial charge on any atom is -0.481 e. The average molecular weight is 453 g/mol. The molecule has 0 atom stereocenters. The van der Waals surface area contributed by atoms with Crippen molar-refractivity contribution >= 4 is 11.7 Å². The smallest absolute Gasteiger partial charge is 0.481 e. The molecule has 7 nitrogen and oxygen atoms in total. The Morgan fingerprint density at radius 1 is 1.09 bits per heavy atom. The third kappa shape index (κ3) is 3.83. The number of nitrogens with zero attached hydrogens (tertiary/aromatic N) is 2. The van der Waals surface area contributed by atoms with Crippen molar-refractivity contribution in [3.8, 4) is 28.6 Å². The van der Waals surface area contributed by atoms with Gasteiger partial charge in [0.15, 0.2) is 11.5 Å². The maximum Gasteiger partial charge on any atom is 0.586 e. The van der Waals surface area contributed by atoms with E-state index in [9.17, 15) is 13.6 Å². The van der Waals surface area contributed by atoms with Crippen LogP contribution in [0, 0.1) is 13.8 Å². The molecular weight excluding hydrogens is 432 g/mol. The number of carbonyl (C=O) groups excluding carboxylic acids is 1. The molecule has 1 amide bonds. The average Bonchev–Trinajstić information content (AvgIpc) is 3.50. The van der Waals surface area contributed by atoms with Gasteiger partial charge < -0.3 is 19.5 Å². The first-order chi connectivity index (χ1) is 15.7. The van der Waals surface area contributed by atoms with Gasteiger partial charge in [-0.25, -0.2) is 9.97 Å². The Kier molecular flexibility index (Phi) is 4.73. The highest BCUT2D eigenvalue weighted by atomic mass is 19.3. The third-order valence-corrected chi connectivity index (χ3v) is 5.92. The summed E-state index contributed by atoms with van der Waals surface area (Å²) < 4.78 is 40.9. The van der Waals surface area contributed by atoms with Crippen LogP contribution >= 0.6 is 0 Å². The number of halogens is 2. The van der Waals surface area contributed by atoms with Crippen molar-refractivity contribution in [3.63, 3.8) is 0 Å². The number of pyridine rings is 2. The van der Waals surface area contributed by atoms with E-state index in [0.29, 0.717) is 35.8 Å². The second-order valence-electron chi connectivity index (χ2n) is 8.32. The summed E-state index contributed by atoms with van der Waals surface area (Å²) in [5.41, 5.74) is 3.14. The van der Waals surface area contributed by atoms with E-state index < -0.39 is 11.7 Å². The minimum absolute atomic E-state index is 0.0478. The molecule has 2 aromatic heterocycles. The third-order valence-electron chi connectivity index (χ3n) is 5.92. The largest absolute Gasteiger partial charge is 0.586 e. The van der Waals surface area contributed by atoms with Crippen LogP contribution in [-0.2, 0) is 10.2 Å². The second kappa shape index (κ2) is 7.40. The molecule has 2 aliphatic rings. The van der Waals surface area contributed by atoms with Crippen molar-refractivity contribution in [3.05, 3.63) is 59.3 Å². The van der Waals surface area contributed by atoms with Crippen molar-refractivity contribution in [2.24, 2.45) is 0 Å². The topological polar surface area (TPSA) is 82.6 Å². The Morgan fingerprint density at radius 2 is 1.85 bits per heavy atom. The number of nitrogens with one attached hydrogen (secondary N) is 1. The highest BCUT2D eigenvalue weighted by Crippen LogP contribution is 2.52. The highest BCUT2D eigenvalue weighted by Gasteiger charge is 2.53. The lowest BCUT2D eigenvalue weighted by Gasteiger charge is -2.17. The first kappa shape index (κ1) is 21.1. The summed E-state index contributed by atoms with van der Waals surface area (Å²) in [5, 5.41) is 2.90. The Labute approximate surface area is 188 Å². The monoisotopic (exact) mass is 453 g/mol. The number of ether oxygens (including phenoxy) is 3. The molecule has 0 spiro atoms. The SMILES string of the molecule is COc1cc(C)c(-c2cc(C)cc(NC(=O)C3(c4ccc5c(c4)OC(F)(F)O5)CC3)n2)cn1. The van der Waals surface area contributed by atoms with Gasteiger partial charge >= 0.3 is 6.29 Å². The maximum atomic E-state index is 13.4. The van der Waals surface area contributed by atoms with E-state index in [0.717, 1.165) is 16.7 Å². The van der Waals surface area contributed by atoms with Crippen LogP contribution in [0.3, 0.4) is 0 Å². The minimum atomic E-state index is -3.70. The van der Waals surface area contributed by atoms with Crippen LogP contribution < -0.4 is 19.5 Å². The summed E-state index contributed by atoms with van der Waals surface area (Å²) in [4.78, 5) is 22.1. The van der Waals surface area contributed by atoms with Gasteiger partial charge in [-0.1, -0.05) is 6.07 Å². The molecule has 1 aliphatic heterocycles. The van der Waals surface area contributed by atoms with Crippen molar-refractivity contribution < 1.29 is 27.8 Å². The Morgan fingerprint density at radius 3 is 2.55 bits per heavy atom. The van der Waals surface area contributed by atoms with Gasteiger partial charge in [0.2, 0.25) is 11.8 Å². The highest BCUT2D eigenvalue weighted by molar-refractivity contribution is 6.01. The number of benzene rings is 1. The zero-order valence-electron chi connectivity index (χ0n) is 18.2. The number of alkyl halides is 2. The molecule has 5 rings (SSSR count). The predicted octanol–water partition coefficient (Wildman–Crippen LogP) is 4.76. The standard InChI is InChI=1S/C24H21F2N3O4/c1-13-8-17(16-12-27-21(31-3)10-14(16)2)28-20(9-13)29-22(30)23(6-7-23)15-4-5-18-19(11-15)33-24(25,26)32-18/h4-5,8-12H,6-7H2,1-3H3,(H,28,29,30). The molecule has 1 aliphatic carbocycles. The molecule has 0 saturated heterocycles. The summed E-state index contributed by atoms with van der Waals surface area (Å²) in [7, 11) is 1.55. The summed E-state index contributed by atoms with van der Waals surface area (Å²) >= 11 is 0. The van der Waals surface area contributed by atoms with Gasteiger partial charge in [0.05, 0.1) is 18.2 Å². The Balaban J connectivity index is 1.41. The van der Waals surface area contributed by atoms with Crippen LogP contribution in [0.25, 0.3) is 11.3 Å². The number of aromatic nitrogens is 2. The lowest BCUT2D eigenvalue weighted by Crippen LogP contribution is -2.28. The molecule has 0 unspecified atom stereocenters. The number of aryl methyl sites for hydroxylation is 2. The van der Waals surface area contributed by atoms with Gasteiger partial charge in [-0.2, -0.15) is 0 Å². The van der Waals surface area contributed by atoms with Crippen molar-refractivity contribution in [2.45, 2.75) is 38.4 Å². The molecule has 33 heavy (non-hydrogen) atoms. The van der Waals surface area contributed by atoms with E-state index in [4.69, 9.17) is 4.74 Å². The van der Waals surface area contributed by atoms with Crippen molar-refractivity contribution in [1.29, 1.82) is 0 Å². The first-order valence-electron chi connectivity index (χ1n) is 10.4. The number of amides is 1. The zero-order chi connectivity index (χ0) is 23.4. The van der Waals surface area contributed by atoms with Crippen molar-refractivity contribution in [2.75, 3.05) is 12.4 Å². The second-order valence-corrected chi connectivity index (χ2v) is 8.32. The predicted molar refractivity (Wildman–Crippen MR) is 116 cm³/mol. The van der Waals surface area contributed by atoms with E-state index in [2.05, 4.69) is 24.8 Å². The number of anilines is 1. The molecule has 1 fully saturated rings. The number of hydrogen-bond acceptors (Lipinski definition) is 6. The fraction of sp³-hybridized carbons (Fsp3) is 0.292. The molecule has 3 heterocycles. The summed E-state index contributed by atoms with van der Waals surface area (Å²) in [6, 6.07) is 9.99. The normalized spacial score (nSPS) is 16.9. The maximum absolute atomic E-state index is 13.4. The number of fused-ring (bicyclic) bond motifs is 1. The van der Waals surface area contributed by atoms with Crippen LogP contribution in [0.4, 0.5) is 14.6 Å². The molecule has 1 N–H and O–H groups in total. The molecule has 1 aromatic carbocycles. The van der Waals surface area contributed by atoms with Gasteiger partial charge in [-0.3, -0.25) is 4.79 Å². The van der Waals surface area contributed by atoms with Crippen molar-refractivity contribution in [1.82, 2.24) is 9.97 Å². The van der Waals surface area contributed by atoms with Crippen LogP contribution in [0.2, 0.25) is 0 Å². The molecule has 0 bridgehead atoms. The van der Waals surface area contributed by atoms with Crippen LogP contribution in [0.1, 0.15) is 29.5 Å². The van der Waals surface area contributed by atoms with Gasteiger partial charge in [-0.05, 0) is 67.6 Å². The Bertz CT molecular complexity index is 1270. The molecule has 1 saturated carbocycles. The summed E-state index contributed by atoms with van der Waals surface area (Å²) in [6.07, 6.45) is -0.827. The molecule has 170 valence electrons. The lowest BCUT2D eigenvalue weighted by atomic mass is 9.94. The number of rotatable bonds is 5. The first-order valence-corrected chi connectivity index (χ1v) is 10.4. The quantitative estimate of drug-likeness (QED) is 0.600. The van der Waals surface area contributed by atoms with E-state index >= 15 is 0 Å². The van der Waals surface area contributed by atoms with E-state index in [1.165, 1.54) is 12.1 Å². The lowest BCUT2D eigenvalue weighted by molar-refractivity contribution is -0.286. The van der Waals surface area contributed by atoms with Crippen LogP contribution in [0.5, 0.6) is 17.4 Å². The van der Waals surface area contributed by atoms with E-state index in [1.807, 2.05) is 26.0 Å². The summed E-state index contributed by atoms with van der Waals surface area (Å²) in [6.45, 7) is 3.85. The number of hydrogen-bond donors (Lipinski definition) is 1. The van der Waals surface area contributed by atoms with Crippen LogP contribution in [-0.4, -0.2) is 29.3 Å². The van der Waals surface area contributed by atoms with Gasteiger partial charge in [-0.15, -0.1) is 8.78 Å². The fourth-order valence-electron chi connectivity index (χ4n) is 4.03. The van der Waals surface area contributed by atoms with Crippen LogP contribution in [0.15, 0.2) is 42.6 Å². The molecule has 9 heteroatoms. The number of carbonyl (C=O) groups is 1.